The lowest BCUT2D eigenvalue weighted by atomic mass is 10.4. The van der Waals surface area contributed by atoms with Gasteiger partial charge in [-0.25, -0.2) is 9.78 Å². The summed E-state index contributed by atoms with van der Waals surface area (Å²) < 4.78 is 2.53. The van der Waals surface area contributed by atoms with Crippen LogP contribution in [0.25, 0.3) is 0 Å². The smallest absolute Gasteiger partial charge is 0.331 e. The van der Waals surface area contributed by atoms with Crippen molar-refractivity contribution in [1.82, 2.24) is 14.1 Å². The Morgan fingerprint density at radius 1 is 1.44 bits per heavy atom. The van der Waals surface area contributed by atoms with Crippen molar-refractivity contribution in [1.29, 1.82) is 0 Å². The van der Waals surface area contributed by atoms with E-state index in [1.165, 1.54) is 22.1 Å². The van der Waals surface area contributed by atoms with Gasteiger partial charge in [0.15, 0.2) is 0 Å². The monoisotopic (exact) mass is 266 g/mol. The molecule has 7 heteroatoms. The van der Waals surface area contributed by atoms with Gasteiger partial charge >= 0.3 is 5.69 Å². The van der Waals surface area contributed by atoms with Gasteiger partial charge in [-0.15, -0.1) is 11.3 Å². The van der Waals surface area contributed by atoms with Crippen molar-refractivity contribution < 1.29 is 0 Å². The summed E-state index contributed by atoms with van der Waals surface area (Å²) in [6, 6.07) is 0. The molecule has 0 radical (unpaired) electrons. The standard InChI is InChI=1S/C11H14N4O2S/c1-3-14-5-9(12)10(16)15(11(14)17)4-8-6-18-7(2)13-8/h5-6H,3-4,12H2,1-2H3. The fourth-order valence-corrected chi connectivity index (χ4v) is 2.29. The molecule has 2 heterocycles. The Balaban J connectivity index is 2.53. The van der Waals surface area contributed by atoms with Gasteiger partial charge in [-0.2, -0.15) is 0 Å². The average molecular weight is 266 g/mol. The fourth-order valence-electron chi connectivity index (χ4n) is 1.68. The first-order chi connectivity index (χ1) is 8.52. The molecule has 18 heavy (non-hydrogen) atoms. The minimum Gasteiger partial charge on any atom is -0.393 e. The van der Waals surface area contributed by atoms with Gasteiger partial charge in [0.25, 0.3) is 5.56 Å². The molecule has 0 saturated heterocycles. The van der Waals surface area contributed by atoms with Gasteiger partial charge in [0.2, 0.25) is 0 Å². The Morgan fingerprint density at radius 2 is 2.17 bits per heavy atom. The first-order valence-corrected chi connectivity index (χ1v) is 6.41. The topological polar surface area (TPSA) is 82.9 Å². The molecule has 0 bridgehead atoms. The third kappa shape index (κ3) is 2.21. The van der Waals surface area contributed by atoms with Crippen LogP contribution in [0, 0.1) is 6.92 Å². The third-order valence-electron chi connectivity index (χ3n) is 2.59. The molecule has 0 amide bonds. The Hall–Kier alpha value is -1.89. The molecule has 0 atom stereocenters. The number of nitrogens with two attached hydrogens (primary N) is 1. The molecule has 0 unspecified atom stereocenters. The van der Waals surface area contributed by atoms with Crippen LogP contribution in [-0.2, 0) is 13.1 Å². The second kappa shape index (κ2) is 4.77. The molecule has 6 nitrogen and oxygen atoms in total. The van der Waals surface area contributed by atoms with Gasteiger partial charge < -0.3 is 5.73 Å². The third-order valence-corrected chi connectivity index (χ3v) is 3.41. The Labute approximate surface area is 107 Å². The van der Waals surface area contributed by atoms with Crippen LogP contribution in [0.5, 0.6) is 0 Å². The molecule has 2 aromatic heterocycles. The molecule has 2 aromatic rings. The second-order valence-corrected chi connectivity index (χ2v) is 4.96. The van der Waals surface area contributed by atoms with E-state index in [4.69, 9.17) is 5.73 Å². The number of aromatic nitrogens is 3. The Kier molecular flexibility index (Phi) is 3.33. The highest BCUT2D eigenvalue weighted by atomic mass is 32.1. The molecular weight excluding hydrogens is 252 g/mol. The van der Waals surface area contributed by atoms with E-state index in [9.17, 15) is 9.59 Å². The zero-order chi connectivity index (χ0) is 13.3. The van der Waals surface area contributed by atoms with Crippen LogP contribution in [0.1, 0.15) is 17.6 Å². The molecule has 0 spiro atoms. The molecule has 0 aliphatic carbocycles. The summed E-state index contributed by atoms with van der Waals surface area (Å²) in [6.45, 7) is 4.33. The van der Waals surface area contributed by atoms with E-state index in [0.717, 1.165) is 9.57 Å². The van der Waals surface area contributed by atoms with Crippen LogP contribution >= 0.6 is 11.3 Å². The molecule has 0 aliphatic heterocycles. The minimum atomic E-state index is -0.463. The predicted molar refractivity (Wildman–Crippen MR) is 71.0 cm³/mol. The van der Waals surface area contributed by atoms with Crippen molar-refractivity contribution in [2.45, 2.75) is 26.9 Å². The van der Waals surface area contributed by atoms with Gasteiger partial charge in [-0.1, -0.05) is 0 Å². The number of hydrogen-bond acceptors (Lipinski definition) is 5. The van der Waals surface area contributed by atoms with Crippen LogP contribution < -0.4 is 17.0 Å². The van der Waals surface area contributed by atoms with Gasteiger partial charge in [0.1, 0.15) is 5.69 Å². The van der Waals surface area contributed by atoms with Crippen LogP contribution in [-0.4, -0.2) is 14.1 Å². The van der Waals surface area contributed by atoms with Crippen LogP contribution in [0.4, 0.5) is 5.69 Å². The number of aryl methyl sites for hydroxylation is 2. The van der Waals surface area contributed by atoms with Gasteiger partial charge in [0, 0.05) is 18.1 Å². The predicted octanol–water partition coefficient (Wildman–Crippen LogP) is 0.425. The second-order valence-electron chi connectivity index (χ2n) is 3.90. The highest BCUT2D eigenvalue weighted by molar-refractivity contribution is 7.09. The summed E-state index contributed by atoms with van der Waals surface area (Å²) in [4.78, 5) is 28.1. The van der Waals surface area contributed by atoms with Gasteiger partial charge in [0.05, 0.1) is 17.2 Å². The Morgan fingerprint density at radius 3 is 2.72 bits per heavy atom. The molecule has 0 fully saturated rings. The summed E-state index contributed by atoms with van der Waals surface area (Å²) in [6.07, 6.45) is 1.38. The van der Waals surface area contributed by atoms with E-state index in [2.05, 4.69) is 4.98 Å². The lowest BCUT2D eigenvalue weighted by Crippen LogP contribution is -2.40. The van der Waals surface area contributed by atoms with E-state index in [1.54, 1.807) is 0 Å². The van der Waals surface area contributed by atoms with Crippen LogP contribution in [0.2, 0.25) is 0 Å². The van der Waals surface area contributed by atoms with Crippen molar-refractivity contribution in [2.24, 2.45) is 0 Å². The number of rotatable bonds is 3. The van der Waals surface area contributed by atoms with Gasteiger partial charge in [-0.3, -0.25) is 13.9 Å². The number of hydrogen-bond donors (Lipinski definition) is 1. The first kappa shape index (κ1) is 12.6. The lowest BCUT2D eigenvalue weighted by Gasteiger charge is -2.08. The molecule has 96 valence electrons. The number of nitrogens with zero attached hydrogens (tertiary/aromatic N) is 3. The first-order valence-electron chi connectivity index (χ1n) is 5.53. The SMILES string of the molecule is CCn1cc(N)c(=O)n(Cc2csc(C)n2)c1=O. The number of thiazole rings is 1. The van der Waals surface area contributed by atoms with Crippen molar-refractivity contribution in [3.63, 3.8) is 0 Å². The van der Waals surface area contributed by atoms with Crippen LogP contribution in [0.15, 0.2) is 21.2 Å². The van der Waals surface area contributed by atoms with E-state index in [-0.39, 0.29) is 17.9 Å². The van der Waals surface area contributed by atoms with Crippen molar-refractivity contribution in [3.8, 4) is 0 Å². The highest BCUT2D eigenvalue weighted by Crippen LogP contribution is 2.08. The fraction of sp³-hybridized carbons (Fsp3) is 0.364. The molecular formula is C11H14N4O2S. The van der Waals surface area contributed by atoms with E-state index < -0.39 is 5.56 Å². The number of anilines is 1. The maximum Gasteiger partial charge on any atom is 0.331 e. The van der Waals surface area contributed by atoms with E-state index in [1.807, 2.05) is 19.2 Å². The summed E-state index contributed by atoms with van der Waals surface area (Å²) in [5.74, 6) is 0. The van der Waals surface area contributed by atoms with Crippen molar-refractivity contribution >= 4 is 17.0 Å². The van der Waals surface area contributed by atoms with E-state index >= 15 is 0 Å². The number of nitrogen functional groups attached to an aromatic ring is 1. The zero-order valence-electron chi connectivity index (χ0n) is 10.2. The molecule has 0 aromatic carbocycles. The average Bonchev–Trinajstić information content (AvgIpc) is 2.75. The minimum absolute atomic E-state index is 0.0726. The zero-order valence-corrected chi connectivity index (χ0v) is 11.0. The van der Waals surface area contributed by atoms with Crippen molar-refractivity contribution in [2.75, 3.05) is 5.73 Å². The summed E-state index contributed by atoms with van der Waals surface area (Å²) in [5, 5.41) is 2.73. The summed E-state index contributed by atoms with van der Waals surface area (Å²) in [5.41, 5.74) is 5.56. The highest BCUT2D eigenvalue weighted by Gasteiger charge is 2.10. The molecule has 2 rings (SSSR count). The molecule has 2 N–H and O–H groups in total. The summed E-state index contributed by atoms with van der Waals surface area (Å²) in [7, 11) is 0. The van der Waals surface area contributed by atoms with E-state index in [0.29, 0.717) is 12.2 Å². The maximum absolute atomic E-state index is 12.0. The van der Waals surface area contributed by atoms with Gasteiger partial charge in [-0.05, 0) is 13.8 Å². The van der Waals surface area contributed by atoms with Crippen LogP contribution in [0.3, 0.4) is 0 Å². The lowest BCUT2D eigenvalue weighted by molar-refractivity contribution is 0.598. The summed E-state index contributed by atoms with van der Waals surface area (Å²) >= 11 is 1.48. The quantitative estimate of drug-likeness (QED) is 0.873. The largest absolute Gasteiger partial charge is 0.393 e. The maximum atomic E-state index is 12.0. The normalized spacial score (nSPS) is 10.8. The molecule has 0 aliphatic rings. The molecule has 0 saturated carbocycles. The Bertz CT molecular complexity index is 683. The van der Waals surface area contributed by atoms with Crippen molar-refractivity contribution in [3.05, 3.63) is 43.1 Å².